The predicted molar refractivity (Wildman–Crippen MR) is 122 cm³/mol. The van der Waals surface area contributed by atoms with Gasteiger partial charge in [0, 0.05) is 5.02 Å². The Morgan fingerprint density at radius 1 is 1.00 bits per heavy atom. The standard InChI is InChI=1S/C22H20ClN3O4S/c1-31(28,29)26(16-22(27)25-24-15-17-7-9-18(23)10-8-17)19-11-13-21(14-12-19)30-20-5-3-2-4-6-20/h2-15H,16H2,1H3,(H,25,27)/b24-15+. The highest BCUT2D eigenvalue weighted by Crippen LogP contribution is 2.25. The van der Waals surface area contributed by atoms with Crippen molar-refractivity contribution in [1.29, 1.82) is 0 Å². The fourth-order valence-electron chi connectivity index (χ4n) is 2.60. The molecule has 3 rings (SSSR count). The largest absolute Gasteiger partial charge is 0.457 e. The Bertz CT molecular complexity index is 1150. The minimum atomic E-state index is -3.70. The number of nitrogens with zero attached hydrogens (tertiary/aromatic N) is 2. The van der Waals surface area contributed by atoms with Gasteiger partial charge in [-0.15, -0.1) is 0 Å². The fraction of sp³-hybridized carbons (Fsp3) is 0.0909. The molecular formula is C22H20ClN3O4S. The third kappa shape index (κ3) is 6.84. The molecule has 160 valence electrons. The monoisotopic (exact) mass is 457 g/mol. The quantitative estimate of drug-likeness (QED) is 0.408. The second kappa shape index (κ2) is 10.1. The molecule has 1 N–H and O–H groups in total. The molecule has 3 aromatic rings. The number of anilines is 1. The topological polar surface area (TPSA) is 88.1 Å². The van der Waals surface area contributed by atoms with Gasteiger partial charge in [-0.25, -0.2) is 13.8 Å². The van der Waals surface area contributed by atoms with Crippen LogP contribution in [0.1, 0.15) is 5.56 Å². The molecule has 1 amide bonds. The lowest BCUT2D eigenvalue weighted by Gasteiger charge is -2.21. The van der Waals surface area contributed by atoms with Crippen molar-refractivity contribution in [3.63, 3.8) is 0 Å². The number of rotatable bonds is 8. The molecule has 0 unspecified atom stereocenters. The van der Waals surface area contributed by atoms with Gasteiger partial charge in [0.2, 0.25) is 10.0 Å². The first-order chi connectivity index (χ1) is 14.8. The van der Waals surface area contributed by atoms with E-state index in [9.17, 15) is 13.2 Å². The number of hydrogen-bond donors (Lipinski definition) is 1. The highest BCUT2D eigenvalue weighted by Gasteiger charge is 2.20. The predicted octanol–water partition coefficient (Wildman–Crippen LogP) is 4.05. The van der Waals surface area contributed by atoms with E-state index in [1.54, 1.807) is 48.5 Å². The average molecular weight is 458 g/mol. The van der Waals surface area contributed by atoms with Gasteiger partial charge in [-0.2, -0.15) is 5.10 Å². The van der Waals surface area contributed by atoms with Crippen LogP contribution in [-0.4, -0.2) is 33.3 Å². The van der Waals surface area contributed by atoms with Crippen molar-refractivity contribution in [1.82, 2.24) is 5.43 Å². The molecule has 0 atom stereocenters. The molecule has 9 heteroatoms. The zero-order valence-corrected chi connectivity index (χ0v) is 18.2. The number of nitrogens with one attached hydrogen (secondary N) is 1. The molecule has 0 aliphatic heterocycles. The van der Waals surface area contributed by atoms with Crippen molar-refractivity contribution in [2.75, 3.05) is 17.1 Å². The lowest BCUT2D eigenvalue weighted by Crippen LogP contribution is -2.38. The van der Waals surface area contributed by atoms with Crippen LogP contribution in [0.2, 0.25) is 5.02 Å². The lowest BCUT2D eigenvalue weighted by atomic mass is 10.2. The Balaban J connectivity index is 1.66. The summed E-state index contributed by atoms with van der Waals surface area (Å²) in [4.78, 5) is 12.2. The highest BCUT2D eigenvalue weighted by molar-refractivity contribution is 7.92. The van der Waals surface area contributed by atoms with Gasteiger partial charge in [0.1, 0.15) is 18.0 Å². The number of carbonyl (C=O) groups excluding carboxylic acids is 1. The summed E-state index contributed by atoms with van der Waals surface area (Å²) in [6.07, 6.45) is 2.47. The van der Waals surface area contributed by atoms with Crippen LogP contribution in [0.15, 0.2) is 84.0 Å². The molecule has 0 aliphatic rings. The van der Waals surface area contributed by atoms with E-state index in [-0.39, 0.29) is 0 Å². The van der Waals surface area contributed by atoms with Gasteiger partial charge in [0.05, 0.1) is 18.2 Å². The number of ether oxygens (including phenoxy) is 1. The van der Waals surface area contributed by atoms with Gasteiger partial charge in [-0.05, 0) is 54.1 Å². The summed E-state index contributed by atoms with van der Waals surface area (Å²) in [5, 5.41) is 4.44. The lowest BCUT2D eigenvalue weighted by molar-refractivity contribution is -0.119. The minimum Gasteiger partial charge on any atom is -0.457 e. The Kier molecular flexibility index (Phi) is 7.28. The van der Waals surface area contributed by atoms with Crippen LogP contribution >= 0.6 is 11.6 Å². The molecule has 31 heavy (non-hydrogen) atoms. The summed E-state index contributed by atoms with van der Waals surface area (Å²) in [6, 6.07) is 22.5. The number of para-hydroxylation sites is 1. The van der Waals surface area contributed by atoms with Crippen LogP contribution in [0.5, 0.6) is 11.5 Å². The molecule has 0 fully saturated rings. The SMILES string of the molecule is CS(=O)(=O)N(CC(=O)N/N=C/c1ccc(Cl)cc1)c1ccc(Oc2ccccc2)cc1. The molecule has 0 aromatic heterocycles. The fourth-order valence-corrected chi connectivity index (χ4v) is 3.58. The number of hydrazone groups is 1. The molecular weight excluding hydrogens is 438 g/mol. The number of benzene rings is 3. The number of halogens is 1. The number of sulfonamides is 1. The second-order valence-corrected chi connectivity index (χ2v) is 8.87. The third-order valence-electron chi connectivity index (χ3n) is 4.06. The Labute approximate surface area is 186 Å². The van der Waals surface area contributed by atoms with Crippen molar-refractivity contribution >= 4 is 39.4 Å². The van der Waals surface area contributed by atoms with Crippen LogP contribution in [0, 0.1) is 0 Å². The van der Waals surface area contributed by atoms with E-state index in [2.05, 4.69) is 10.5 Å². The van der Waals surface area contributed by atoms with Crippen molar-refractivity contribution in [3.05, 3.63) is 89.4 Å². The summed E-state index contributed by atoms with van der Waals surface area (Å²) in [6.45, 7) is -0.421. The zero-order valence-electron chi connectivity index (χ0n) is 16.6. The van der Waals surface area contributed by atoms with Crippen LogP contribution in [0.3, 0.4) is 0 Å². The molecule has 0 aliphatic carbocycles. The maximum Gasteiger partial charge on any atom is 0.260 e. The molecule has 7 nitrogen and oxygen atoms in total. The van der Waals surface area contributed by atoms with Gasteiger partial charge in [-0.3, -0.25) is 9.10 Å². The average Bonchev–Trinajstić information content (AvgIpc) is 2.74. The smallest absolute Gasteiger partial charge is 0.260 e. The van der Waals surface area contributed by atoms with E-state index in [4.69, 9.17) is 16.3 Å². The van der Waals surface area contributed by atoms with Crippen molar-refractivity contribution < 1.29 is 17.9 Å². The van der Waals surface area contributed by atoms with Crippen LogP contribution in [0.4, 0.5) is 5.69 Å². The van der Waals surface area contributed by atoms with E-state index in [0.29, 0.717) is 22.2 Å². The molecule has 0 bridgehead atoms. The molecule has 0 radical (unpaired) electrons. The maximum absolute atomic E-state index is 12.2. The van der Waals surface area contributed by atoms with E-state index >= 15 is 0 Å². The zero-order chi connectivity index (χ0) is 22.3. The van der Waals surface area contributed by atoms with Crippen LogP contribution in [-0.2, 0) is 14.8 Å². The van der Waals surface area contributed by atoms with E-state index in [1.165, 1.54) is 6.21 Å². The Morgan fingerprint density at radius 3 is 2.23 bits per heavy atom. The number of hydrogen-bond acceptors (Lipinski definition) is 5. The van der Waals surface area contributed by atoms with Gasteiger partial charge in [0.25, 0.3) is 5.91 Å². The van der Waals surface area contributed by atoms with E-state index in [0.717, 1.165) is 16.1 Å². The second-order valence-electron chi connectivity index (χ2n) is 6.52. The summed E-state index contributed by atoms with van der Waals surface area (Å²) < 4.78 is 31.2. The normalized spacial score (nSPS) is 11.3. The van der Waals surface area contributed by atoms with Gasteiger partial charge in [0.15, 0.2) is 0 Å². The van der Waals surface area contributed by atoms with Crippen molar-refractivity contribution in [2.45, 2.75) is 0 Å². The van der Waals surface area contributed by atoms with Gasteiger partial charge in [-0.1, -0.05) is 41.9 Å². The summed E-state index contributed by atoms with van der Waals surface area (Å²) in [7, 11) is -3.70. The van der Waals surface area contributed by atoms with E-state index < -0.39 is 22.5 Å². The van der Waals surface area contributed by atoms with E-state index in [1.807, 2.05) is 30.3 Å². The first kappa shape index (κ1) is 22.3. The number of amides is 1. The number of carbonyl (C=O) groups is 1. The highest BCUT2D eigenvalue weighted by atomic mass is 35.5. The molecule has 0 saturated heterocycles. The van der Waals surface area contributed by atoms with Crippen LogP contribution in [0.25, 0.3) is 0 Å². The van der Waals surface area contributed by atoms with Crippen molar-refractivity contribution in [3.8, 4) is 11.5 Å². The molecule has 0 heterocycles. The van der Waals surface area contributed by atoms with Crippen LogP contribution < -0.4 is 14.5 Å². The molecule has 0 saturated carbocycles. The molecule has 0 spiro atoms. The third-order valence-corrected chi connectivity index (χ3v) is 5.46. The van der Waals surface area contributed by atoms with Gasteiger partial charge < -0.3 is 4.74 Å². The Hall–Kier alpha value is -3.36. The van der Waals surface area contributed by atoms with Crippen molar-refractivity contribution in [2.24, 2.45) is 5.10 Å². The van der Waals surface area contributed by atoms with Gasteiger partial charge >= 0.3 is 0 Å². The Morgan fingerprint density at radius 2 is 1.61 bits per heavy atom. The summed E-state index contributed by atoms with van der Waals surface area (Å²) in [5.41, 5.74) is 3.40. The minimum absolute atomic E-state index is 0.333. The maximum atomic E-state index is 12.2. The molecule has 3 aromatic carbocycles. The summed E-state index contributed by atoms with van der Waals surface area (Å²) >= 11 is 5.82. The first-order valence-corrected chi connectivity index (χ1v) is 11.4. The summed E-state index contributed by atoms with van der Waals surface area (Å²) in [5.74, 6) is 0.619. The first-order valence-electron chi connectivity index (χ1n) is 9.19.